The van der Waals surface area contributed by atoms with Crippen LogP contribution in [0.15, 0.2) is 28.5 Å². The van der Waals surface area contributed by atoms with E-state index in [-0.39, 0.29) is 17.4 Å². The maximum absolute atomic E-state index is 9.69. The second-order valence-electron chi connectivity index (χ2n) is 3.60. The molecule has 2 atom stereocenters. The molecule has 0 spiro atoms. The van der Waals surface area contributed by atoms with Crippen LogP contribution in [0.1, 0.15) is 19.3 Å². The molecule has 0 saturated carbocycles. The Bertz CT molecular complexity index is 349. The van der Waals surface area contributed by atoms with Gasteiger partial charge < -0.3 is 5.11 Å². The molecule has 2 rings (SSSR count). The molecule has 0 amide bonds. The largest absolute Gasteiger partial charge is 0.508 e. The van der Waals surface area contributed by atoms with E-state index < -0.39 is 0 Å². The number of aliphatic hydroxyl groups excluding tert-OH is 1. The summed E-state index contributed by atoms with van der Waals surface area (Å²) in [7, 11) is 0. The number of rotatable bonds is 1. The predicted molar refractivity (Wildman–Crippen MR) is 62.5 cm³/mol. The van der Waals surface area contributed by atoms with Crippen molar-refractivity contribution in [2.75, 3.05) is 0 Å². The molecule has 82 valence electrons. The van der Waals surface area contributed by atoms with Gasteiger partial charge in [-0.3, -0.25) is 10.3 Å². The predicted octanol–water partition coefficient (Wildman–Crippen LogP) is 2.67. The minimum Gasteiger partial charge on any atom is -0.508 e. The van der Waals surface area contributed by atoms with Crippen LogP contribution in [0.2, 0.25) is 0 Å². The fraction of sp³-hybridized carbons (Fsp3) is 0.500. The summed E-state index contributed by atoms with van der Waals surface area (Å²) in [6.07, 6.45) is 5.59. The number of nitrogens with one attached hydrogen (secondary N) is 1. The third-order valence-corrected chi connectivity index (χ3v) is 3.00. The summed E-state index contributed by atoms with van der Waals surface area (Å²) >= 11 is 11.9. The first-order valence-corrected chi connectivity index (χ1v) is 5.69. The Morgan fingerprint density at radius 2 is 2.33 bits per heavy atom. The molecule has 3 nitrogen and oxygen atoms in total. The lowest BCUT2D eigenvalue weighted by Crippen LogP contribution is -2.40. The minimum absolute atomic E-state index is 0.216. The molecule has 0 radical (unpaired) electrons. The Morgan fingerprint density at radius 1 is 1.53 bits per heavy atom. The molecular formula is C10H12Cl2N2O. The molecule has 0 saturated heterocycles. The van der Waals surface area contributed by atoms with E-state index in [1.165, 1.54) is 0 Å². The van der Waals surface area contributed by atoms with Gasteiger partial charge in [0.2, 0.25) is 0 Å². The number of allylic oxidation sites excluding steroid dienone is 2. The molecule has 0 bridgehead atoms. The quantitative estimate of drug-likeness (QED) is 0.552. The molecule has 1 heterocycles. The van der Waals surface area contributed by atoms with Crippen molar-refractivity contribution in [3.05, 3.63) is 23.5 Å². The number of aliphatic hydroxyl groups is 1. The van der Waals surface area contributed by atoms with Crippen molar-refractivity contribution in [2.45, 2.75) is 30.9 Å². The van der Waals surface area contributed by atoms with Crippen molar-refractivity contribution < 1.29 is 5.11 Å². The van der Waals surface area contributed by atoms with E-state index in [2.05, 4.69) is 10.3 Å². The molecule has 5 heteroatoms. The Labute approximate surface area is 98.5 Å². The van der Waals surface area contributed by atoms with Crippen LogP contribution in [0, 0.1) is 0 Å². The normalized spacial score (nSPS) is 31.7. The number of aliphatic imine (C=N–C) groups is 1. The van der Waals surface area contributed by atoms with Crippen LogP contribution in [0.3, 0.4) is 0 Å². The van der Waals surface area contributed by atoms with E-state index in [1.807, 2.05) is 6.08 Å². The van der Waals surface area contributed by atoms with E-state index in [1.54, 1.807) is 6.08 Å². The summed E-state index contributed by atoms with van der Waals surface area (Å²) < 4.78 is 0. The van der Waals surface area contributed by atoms with Crippen molar-refractivity contribution >= 4 is 28.4 Å². The number of nitrogens with zero attached hydrogens (tertiary/aromatic N) is 1. The van der Waals surface area contributed by atoms with Gasteiger partial charge in [-0.1, -0.05) is 17.7 Å². The van der Waals surface area contributed by atoms with Gasteiger partial charge in [-0.25, -0.2) is 0 Å². The zero-order valence-electron chi connectivity index (χ0n) is 8.08. The average Bonchev–Trinajstić information content (AvgIpc) is 2.16. The van der Waals surface area contributed by atoms with Crippen LogP contribution in [-0.4, -0.2) is 21.9 Å². The maximum atomic E-state index is 9.69. The Balaban J connectivity index is 2.23. The smallest absolute Gasteiger partial charge is 0.127 e. The topological polar surface area (TPSA) is 44.6 Å². The van der Waals surface area contributed by atoms with Gasteiger partial charge in [0.05, 0.1) is 5.50 Å². The molecule has 0 aromatic heterocycles. The highest BCUT2D eigenvalue weighted by Crippen LogP contribution is 2.25. The highest BCUT2D eigenvalue weighted by molar-refractivity contribution is 6.65. The first-order valence-electron chi connectivity index (χ1n) is 4.87. The molecular weight excluding hydrogens is 235 g/mol. The summed E-state index contributed by atoms with van der Waals surface area (Å²) in [5, 5.41) is 13.3. The number of hydrogen-bond donors (Lipinski definition) is 2. The summed E-state index contributed by atoms with van der Waals surface area (Å²) in [5.74, 6) is 0.276. The molecule has 2 aliphatic rings. The van der Waals surface area contributed by atoms with Gasteiger partial charge >= 0.3 is 0 Å². The van der Waals surface area contributed by atoms with Crippen molar-refractivity contribution in [3.63, 3.8) is 0 Å². The van der Waals surface area contributed by atoms with Gasteiger partial charge in [0, 0.05) is 12.0 Å². The molecule has 1 aliphatic heterocycles. The zero-order valence-corrected chi connectivity index (χ0v) is 9.59. The Hall–Kier alpha value is -0.510. The highest BCUT2D eigenvalue weighted by Gasteiger charge is 2.25. The van der Waals surface area contributed by atoms with E-state index in [0.717, 1.165) is 18.4 Å². The van der Waals surface area contributed by atoms with Gasteiger partial charge in [-0.2, -0.15) is 0 Å². The van der Waals surface area contributed by atoms with E-state index in [4.69, 9.17) is 23.2 Å². The monoisotopic (exact) mass is 246 g/mol. The second kappa shape index (κ2) is 4.56. The number of alkyl halides is 1. The van der Waals surface area contributed by atoms with Crippen LogP contribution in [-0.2, 0) is 0 Å². The van der Waals surface area contributed by atoms with Crippen molar-refractivity contribution in [2.24, 2.45) is 4.99 Å². The van der Waals surface area contributed by atoms with Gasteiger partial charge in [-0.15, -0.1) is 11.6 Å². The SMILES string of the molecule is OC1=C(C2N=C(Cl)CC(Cl)N2)CCC=C1. The van der Waals surface area contributed by atoms with Crippen LogP contribution >= 0.6 is 23.2 Å². The van der Waals surface area contributed by atoms with E-state index in [9.17, 15) is 5.11 Å². The van der Waals surface area contributed by atoms with Gasteiger partial charge in [-0.05, 0) is 18.9 Å². The van der Waals surface area contributed by atoms with E-state index >= 15 is 0 Å². The standard InChI is InChI=1S/C10H12Cl2N2O/c11-8-5-9(12)14-10(13-8)6-3-1-2-4-7(6)15/h2,4,8,10,13,15H,1,3,5H2. The summed E-state index contributed by atoms with van der Waals surface area (Å²) in [5.41, 5.74) is 0.646. The highest BCUT2D eigenvalue weighted by atomic mass is 35.5. The Kier molecular flexibility index (Phi) is 3.34. The number of hydrogen-bond acceptors (Lipinski definition) is 3. The third kappa shape index (κ3) is 2.54. The lowest BCUT2D eigenvalue weighted by molar-refractivity contribution is 0.401. The van der Waals surface area contributed by atoms with Gasteiger partial charge in [0.1, 0.15) is 17.1 Å². The van der Waals surface area contributed by atoms with Crippen molar-refractivity contribution in [1.82, 2.24) is 5.32 Å². The molecule has 2 unspecified atom stereocenters. The summed E-state index contributed by atoms with van der Waals surface area (Å²) in [6.45, 7) is 0. The fourth-order valence-electron chi connectivity index (χ4n) is 1.73. The molecule has 15 heavy (non-hydrogen) atoms. The summed E-state index contributed by atoms with van der Waals surface area (Å²) in [4.78, 5) is 4.24. The molecule has 0 aromatic rings. The van der Waals surface area contributed by atoms with Gasteiger partial charge in [0.25, 0.3) is 0 Å². The Morgan fingerprint density at radius 3 is 3.00 bits per heavy atom. The average molecular weight is 247 g/mol. The third-order valence-electron chi connectivity index (χ3n) is 2.47. The first kappa shape index (κ1) is 11.0. The van der Waals surface area contributed by atoms with Crippen molar-refractivity contribution in [1.29, 1.82) is 0 Å². The lowest BCUT2D eigenvalue weighted by atomic mass is 10.0. The van der Waals surface area contributed by atoms with Crippen molar-refractivity contribution in [3.8, 4) is 0 Å². The molecule has 0 aromatic carbocycles. The summed E-state index contributed by atoms with van der Waals surface area (Å²) in [6, 6.07) is 0. The minimum atomic E-state index is -0.279. The molecule has 1 aliphatic carbocycles. The molecule has 2 N–H and O–H groups in total. The number of halogens is 2. The lowest BCUT2D eigenvalue weighted by Gasteiger charge is -2.27. The second-order valence-corrected chi connectivity index (χ2v) is 4.56. The van der Waals surface area contributed by atoms with Crippen LogP contribution in [0.5, 0.6) is 0 Å². The van der Waals surface area contributed by atoms with Gasteiger partial charge in [0.15, 0.2) is 0 Å². The molecule has 0 fully saturated rings. The van der Waals surface area contributed by atoms with Crippen LogP contribution in [0.4, 0.5) is 0 Å². The zero-order chi connectivity index (χ0) is 10.8. The van der Waals surface area contributed by atoms with Crippen LogP contribution < -0.4 is 5.32 Å². The maximum Gasteiger partial charge on any atom is 0.127 e. The van der Waals surface area contributed by atoms with Crippen LogP contribution in [0.25, 0.3) is 0 Å². The van der Waals surface area contributed by atoms with E-state index in [0.29, 0.717) is 11.6 Å². The fourth-order valence-corrected chi connectivity index (χ4v) is 2.33. The first-order chi connectivity index (χ1) is 7.16.